The number of amides is 1. The molecule has 1 aliphatic carbocycles. The fourth-order valence-electron chi connectivity index (χ4n) is 3.13. The third-order valence-corrected chi connectivity index (χ3v) is 6.46. The van der Waals surface area contributed by atoms with E-state index in [4.69, 9.17) is 5.73 Å². The highest BCUT2D eigenvalue weighted by Crippen LogP contribution is 2.67. The molecule has 1 saturated carbocycles. The van der Waals surface area contributed by atoms with Crippen LogP contribution in [0.3, 0.4) is 0 Å². The van der Waals surface area contributed by atoms with E-state index in [1.54, 1.807) is 12.4 Å². The van der Waals surface area contributed by atoms with E-state index < -0.39 is 0 Å². The first kappa shape index (κ1) is 14.3. The van der Waals surface area contributed by atoms with Crippen LogP contribution in [0.25, 0.3) is 10.3 Å². The Labute approximate surface area is 128 Å². The first-order valence-electron chi connectivity index (χ1n) is 7.04. The van der Waals surface area contributed by atoms with Crippen molar-refractivity contribution >= 4 is 33.3 Å². The molecule has 6 heteroatoms. The molecule has 1 fully saturated rings. The number of hydrogen-bond acceptors (Lipinski definition) is 5. The minimum absolute atomic E-state index is 0.129. The monoisotopic (exact) mass is 304 g/mol. The molecule has 5 nitrogen and oxygen atoms in total. The Morgan fingerprint density at radius 2 is 1.90 bits per heavy atom. The normalized spacial score (nSPS) is 19.6. The maximum Gasteiger partial charge on any atom is 0.263 e. The zero-order valence-electron chi connectivity index (χ0n) is 12.7. The topological polar surface area (TPSA) is 80.9 Å². The van der Waals surface area contributed by atoms with Gasteiger partial charge in [0.05, 0.1) is 5.69 Å². The number of nitrogens with zero attached hydrogens (tertiary/aromatic N) is 2. The van der Waals surface area contributed by atoms with Gasteiger partial charge in [-0.1, -0.05) is 27.7 Å². The molecule has 3 rings (SSSR count). The molecule has 112 valence electrons. The summed E-state index contributed by atoms with van der Waals surface area (Å²) in [4.78, 5) is 21.9. The summed E-state index contributed by atoms with van der Waals surface area (Å²) in [6, 6.07) is 0. The van der Waals surface area contributed by atoms with Crippen LogP contribution in [0.5, 0.6) is 0 Å². The molecule has 0 atom stereocenters. The maximum atomic E-state index is 12.4. The number of fused-ring (bicyclic) bond motifs is 1. The van der Waals surface area contributed by atoms with Gasteiger partial charge in [0.1, 0.15) is 15.2 Å². The highest BCUT2D eigenvalue weighted by Gasteiger charge is 2.64. The second-order valence-electron chi connectivity index (χ2n) is 6.76. The summed E-state index contributed by atoms with van der Waals surface area (Å²) in [6.07, 6.45) is 3.19. The summed E-state index contributed by atoms with van der Waals surface area (Å²) >= 11 is 1.29. The zero-order chi connectivity index (χ0) is 15.4. The summed E-state index contributed by atoms with van der Waals surface area (Å²) in [5.41, 5.74) is 7.57. The molecule has 0 unspecified atom stereocenters. The zero-order valence-corrected chi connectivity index (χ0v) is 13.5. The lowest BCUT2D eigenvalue weighted by Gasteiger charge is -2.05. The minimum Gasteiger partial charge on any atom is -0.396 e. The highest BCUT2D eigenvalue weighted by molar-refractivity contribution is 7.21. The fraction of sp³-hybridized carbons (Fsp3) is 0.533. The molecular weight excluding hydrogens is 284 g/mol. The van der Waals surface area contributed by atoms with Crippen LogP contribution < -0.4 is 11.1 Å². The number of thiophene rings is 1. The van der Waals surface area contributed by atoms with Crippen LogP contribution in [0.15, 0.2) is 12.4 Å². The Morgan fingerprint density at radius 3 is 2.48 bits per heavy atom. The third-order valence-electron chi connectivity index (χ3n) is 5.36. The predicted molar refractivity (Wildman–Crippen MR) is 85.2 cm³/mol. The molecule has 21 heavy (non-hydrogen) atoms. The van der Waals surface area contributed by atoms with Crippen LogP contribution >= 0.6 is 11.3 Å². The molecule has 2 aromatic rings. The molecule has 0 radical (unpaired) electrons. The van der Waals surface area contributed by atoms with Crippen LogP contribution in [-0.4, -0.2) is 22.4 Å². The molecule has 0 spiro atoms. The molecule has 0 saturated heterocycles. The van der Waals surface area contributed by atoms with Crippen molar-refractivity contribution in [2.45, 2.75) is 27.7 Å². The lowest BCUT2D eigenvalue weighted by atomic mass is 10.0. The van der Waals surface area contributed by atoms with Gasteiger partial charge in [0.2, 0.25) is 0 Å². The molecule has 1 amide bonds. The first-order chi connectivity index (χ1) is 9.76. The van der Waals surface area contributed by atoms with E-state index in [2.05, 4.69) is 43.0 Å². The Hall–Kier alpha value is -1.69. The first-order valence-corrected chi connectivity index (χ1v) is 7.85. The van der Waals surface area contributed by atoms with Crippen LogP contribution in [0.2, 0.25) is 0 Å². The van der Waals surface area contributed by atoms with Crippen LogP contribution in [0.4, 0.5) is 5.69 Å². The van der Waals surface area contributed by atoms with Crippen molar-refractivity contribution in [3.8, 4) is 0 Å². The van der Waals surface area contributed by atoms with E-state index in [1.165, 1.54) is 11.3 Å². The van der Waals surface area contributed by atoms with E-state index >= 15 is 0 Å². The number of rotatable bonds is 3. The quantitative estimate of drug-likeness (QED) is 0.913. The number of hydrogen-bond donors (Lipinski definition) is 2. The van der Waals surface area contributed by atoms with Crippen LogP contribution in [0, 0.1) is 16.7 Å². The SMILES string of the molecule is CC1(C)C(CNC(=O)c2sc3nccnc3c2N)C1(C)C. The summed E-state index contributed by atoms with van der Waals surface area (Å²) in [5.74, 6) is 0.358. The summed E-state index contributed by atoms with van der Waals surface area (Å²) in [6.45, 7) is 9.64. The van der Waals surface area contributed by atoms with Crippen molar-refractivity contribution in [1.82, 2.24) is 15.3 Å². The third kappa shape index (κ3) is 2.00. The molecular formula is C15H20N4OS. The second kappa shape index (κ2) is 4.40. The van der Waals surface area contributed by atoms with Gasteiger partial charge in [-0.3, -0.25) is 4.79 Å². The number of aromatic nitrogens is 2. The number of carbonyl (C=O) groups excluding carboxylic acids is 1. The number of carbonyl (C=O) groups is 1. The van der Waals surface area contributed by atoms with E-state index in [9.17, 15) is 4.79 Å². The lowest BCUT2D eigenvalue weighted by Crippen LogP contribution is -2.27. The van der Waals surface area contributed by atoms with Gasteiger partial charge in [-0.2, -0.15) is 0 Å². The average Bonchev–Trinajstić information content (AvgIpc) is 2.71. The van der Waals surface area contributed by atoms with Gasteiger partial charge in [0.15, 0.2) is 0 Å². The van der Waals surface area contributed by atoms with Gasteiger partial charge in [-0.05, 0) is 16.7 Å². The summed E-state index contributed by atoms with van der Waals surface area (Å²) in [7, 11) is 0. The predicted octanol–water partition coefficient (Wildman–Crippen LogP) is 2.69. The number of nitrogens with one attached hydrogen (secondary N) is 1. The number of nitrogens with two attached hydrogens (primary N) is 1. The van der Waals surface area contributed by atoms with Crippen molar-refractivity contribution < 1.29 is 4.79 Å². The summed E-state index contributed by atoms with van der Waals surface area (Å²) in [5, 5.41) is 3.01. The van der Waals surface area contributed by atoms with Crippen molar-refractivity contribution in [2.24, 2.45) is 16.7 Å². The molecule has 2 heterocycles. The van der Waals surface area contributed by atoms with Crippen molar-refractivity contribution in [1.29, 1.82) is 0 Å². The largest absolute Gasteiger partial charge is 0.396 e. The van der Waals surface area contributed by atoms with E-state index in [0.29, 0.717) is 33.4 Å². The van der Waals surface area contributed by atoms with Crippen LogP contribution in [-0.2, 0) is 0 Å². The molecule has 0 aromatic carbocycles. The average molecular weight is 304 g/mol. The highest BCUT2D eigenvalue weighted by atomic mass is 32.1. The Bertz CT molecular complexity index is 706. The van der Waals surface area contributed by atoms with Gasteiger partial charge >= 0.3 is 0 Å². The van der Waals surface area contributed by atoms with Gasteiger partial charge in [0, 0.05) is 18.9 Å². The molecule has 0 bridgehead atoms. The van der Waals surface area contributed by atoms with Crippen molar-refractivity contribution in [2.75, 3.05) is 12.3 Å². The number of anilines is 1. The van der Waals surface area contributed by atoms with Gasteiger partial charge in [0.25, 0.3) is 5.91 Å². The maximum absolute atomic E-state index is 12.4. The van der Waals surface area contributed by atoms with Crippen molar-refractivity contribution in [3.05, 3.63) is 17.3 Å². The smallest absolute Gasteiger partial charge is 0.263 e. The molecule has 1 aliphatic rings. The van der Waals surface area contributed by atoms with Gasteiger partial charge < -0.3 is 11.1 Å². The molecule has 3 N–H and O–H groups in total. The van der Waals surface area contributed by atoms with Crippen LogP contribution in [0.1, 0.15) is 37.4 Å². The summed E-state index contributed by atoms with van der Waals surface area (Å²) < 4.78 is 0. The Balaban J connectivity index is 1.75. The second-order valence-corrected chi connectivity index (χ2v) is 7.76. The number of nitrogen functional groups attached to an aromatic ring is 1. The fourth-order valence-corrected chi connectivity index (χ4v) is 4.07. The van der Waals surface area contributed by atoms with E-state index in [0.717, 1.165) is 0 Å². The lowest BCUT2D eigenvalue weighted by molar-refractivity contribution is 0.0955. The van der Waals surface area contributed by atoms with Gasteiger partial charge in [-0.15, -0.1) is 11.3 Å². The minimum atomic E-state index is -0.129. The van der Waals surface area contributed by atoms with Gasteiger partial charge in [-0.25, -0.2) is 9.97 Å². The van der Waals surface area contributed by atoms with E-state index in [-0.39, 0.29) is 16.7 Å². The standard InChI is InChI=1S/C15H20N4OS/c1-14(2)8(15(14,3)4)7-19-12(20)11-9(16)10-13(21-11)18-6-5-17-10/h5-6,8H,7,16H2,1-4H3,(H,19,20). The molecule has 2 aromatic heterocycles. The molecule has 0 aliphatic heterocycles. The van der Waals surface area contributed by atoms with E-state index in [1.807, 2.05) is 0 Å². The van der Waals surface area contributed by atoms with Crippen molar-refractivity contribution in [3.63, 3.8) is 0 Å². The Morgan fingerprint density at radius 1 is 1.29 bits per heavy atom. The Kier molecular flexibility index (Phi) is 2.99.